The molecule has 2 aromatic heterocycles. The van der Waals surface area contributed by atoms with Crippen molar-refractivity contribution in [3.63, 3.8) is 0 Å². The van der Waals surface area contributed by atoms with Crippen molar-refractivity contribution < 1.29 is 13.5 Å². The van der Waals surface area contributed by atoms with Crippen LogP contribution < -0.4 is 10.1 Å². The van der Waals surface area contributed by atoms with Gasteiger partial charge in [0, 0.05) is 22.7 Å². The van der Waals surface area contributed by atoms with Crippen molar-refractivity contribution in [1.29, 1.82) is 0 Å². The van der Waals surface area contributed by atoms with E-state index < -0.39 is 5.82 Å². The summed E-state index contributed by atoms with van der Waals surface area (Å²) in [5.74, 6) is -0.126. The lowest BCUT2D eigenvalue weighted by molar-refractivity contribution is 0.330. The third-order valence-electron chi connectivity index (χ3n) is 4.38. The lowest BCUT2D eigenvalue weighted by Crippen LogP contribution is -2.07. The molecule has 2 heterocycles. The van der Waals surface area contributed by atoms with E-state index in [0.717, 1.165) is 5.56 Å². The number of aromatic nitrogens is 3. The number of fused-ring (bicyclic) bond motifs is 1. The molecule has 5 nitrogen and oxygen atoms in total. The van der Waals surface area contributed by atoms with Crippen LogP contribution in [-0.4, -0.2) is 21.6 Å². The Morgan fingerprint density at radius 1 is 0.967 bits per heavy atom. The number of nitrogens with one attached hydrogen (secondary N) is 1. The van der Waals surface area contributed by atoms with Crippen LogP contribution in [0, 0.1) is 11.6 Å². The zero-order chi connectivity index (χ0) is 21.1. The number of hydrogen-bond acceptors (Lipinski definition) is 5. The molecule has 4 aromatic rings. The van der Waals surface area contributed by atoms with Crippen LogP contribution in [0.4, 0.5) is 14.7 Å². The highest BCUT2D eigenvalue weighted by molar-refractivity contribution is 6.30. The van der Waals surface area contributed by atoms with Gasteiger partial charge in [-0.15, -0.1) is 0 Å². The molecule has 30 heavy (non-hydrogen) atoms. The van der Waals surface area contributed by atoms with Crippen molar-refractivity contribution in [2.24, 2.45) is 0 Å². The number of halogens is 3. The maximum Gasteiger partial charge on any atom is 0.245 e. The Hall–Kier alpha value is -3.32. The van der Waals surface area contributed by atoms with Gasteiger partial charge in [0.1, 0.15) is 11.6 Å². The van der Waals surface area contributed by atoms with Crippen LogP contribution in [0.2, 0.25) is 5.02 Å². The van der Waals surface area contributed by atoms with E-state index in [1.165, 1.54) is 18.2 Å². The summed E-state index contributed by atoms with van der Waals surface area (Å²) in [7, 11) is 0. The van der Waals surface area contributed by atoms with Crippen molar-refractivity contribution in [3.05, 3.63) is 76.8 Å². The topological polar surface area (TPSA) is 59.9 Å². The van der Waals surface area contributed by atoms with E-state index in [2.05, 4.69) is 20.3 Å². The molecule has 4 rings (SSSR count). The molecule has 0 fully saturated rings. The van der Waals surface area contributed by atoms with Gasteiger partial charge in [-0.25, -0.2) is 18.7 Å². The van der Waals surface area contributed by atoms with Gasteiger partial charge in [-0.2, -0.15) is 4.98 Å². The molecule has 152 valence electrons. The summed E-state index contributed by atoms with van der Waals surface area (Å²) in [6.45, 7) is 2.41. The zero-order valence-corrected chi connectivity index (χ0v) is 16.8. The molecule has 0 aliphatic rings. The molecule has 0 amide bonds. The fourth-order valence-corrected chi connectivity index (χ4v) is 3.08. The maximum atomic E-state index is 14.0. The quantitative estimate of drug-likeness (QED) is 0.432. The van der Waals surface area contributed by atoms with Gasteiger partial charge < -0.3 is 10.1 Å². The van der Waals surface area contributed by atoms with Crippen LogP contribution in [0.3, 0.4) is 0 Å². The van der Waals surface area contributed by atoms with Crippen LogP contribution >= 0.6 is 11.6 Å². The average molecular weight is 427 g/mol. The Morgan fingerprint density at radius 3 is 2.50 bits per heavy atom. The molecule has 0 radical (unpaired) electrons. The van der Waals surface area contributed by atoms with Crippen LogP contribution in [0.15, 0.2) is 54.6 Å². The fourth-order valence-electron chi connectivity index (χ4n) is 2.92. The van der Waals surface area contributed by atoms with Crippen LogP contribution in [0.1, 0.15) is 12.5 Å². The van der Waals surface area contributed by atoms with Gasteiger partial charge in [0.25, 0.3) is 0 Å². The molecule has 0 saturated heterocycles. The first-order valence-corrected chi connectivity index (χ1v) is 9.66. The number of pyridine rings is 1. The standard InChI is InChI=1S/C22H17ClF2N4O/c1-2-30-21-20-19(10-9-18(27-20)13-4-7-16(24)8-5-13)28-22(29-21)26-12-14-3-6-15(23)11-17(14)25/h3-11H,2,12H2,1H3,(H,26,28,29). The minimum atomic E-state index is -0.411. The summed E-state index contributed by atoms with van der Waals surface area (Å²) >= 11 is 5.79. The molecule has 0 saturated carbocycles. The number of rotatable bonds is 6. The van der Waals surface area contributed by atoms with Gasteiger partial charge in [0.05, 0.1) is 17.8 Å². The summed E-state index contributed by atoms with van der Waals surface area (Å²) in [5, 5.41) is 3.34. The van der Waals surface area contributed by atoms with E-state index in [-0.39, 0.29) is 18.3 Å². The van der Waals surface area contributed by atoms with Gasteiger partial charge in [0.15, 0.2) is 5.52 Å². The van der Waals surface area contributed by atoms with Gasteiger partial charge in [-0.05, 0) is 55.5 Å². The molecular formula is C22H17ClF2N4O. The molecule has 0 aliphatic heterocycles. The molecule has 2 aromatic carbocycles. The Balaban J connectivity index is 1.67. The third kappa shape index (κ3) is 4.31. The van der Waals surface area contributed by atoms with Gasteiger partial charge in [-0.1, -0.05) is 17.7 Å². The second-order valence-corrected chi connectivity index (χ2v) is 6.88. The van der Waals surface area contributed by atoms with Gasteiger partial charge in [-0.3, -0.25) is 0 Å². The van der Waals surface area contributed by atoms with Crippen LogP contribution in [0.5, 0.6) is 5.88 Å². The minimum Gasteiger partial charge on any atom is -0.476 e. The molecule has 0 spiro atoms. The smallest absolute Gasteiger partial charge is 0.245 e. The van der Waals surface area contributed by atoms with Gasteiger partial charge >= 0.3 is 0 Å². The second-order valence-electron chi connectivity index (χ2n) is 6.45. The van der Waals surface area contributed by atoms with Crippen molar-refractivity contribution in [3.8, 4) is 17.1 Å². The Morgan fingerprint density at radius 2 is 1.77 bits per heavy atom. The number of nitrogens with zero attached hydrogens (tertiary/aromatic N) is 3. The van der Waals surface area contributed by atoms with E-state index in [4.69, 9.17) is 16.3 Å². The molecule has 0 aliphatic carbocycles. The second kappa shape index (κ2) is 8.59. The summed E-state index contributed by atoms with van der Waals surface area (Å²) in [5.41, 5.74) is 2.91. The summed E-state index contributed by atoms with van der Waals surface area (Å²) in [6, 6.07) is 14.1. The molecule has 8 heteroatoms. The van der Waals surface area contributed by atoms with Crippen molar-refractivity contribution in [2.75, 3.05) is 11.9 Å². The molecule has 0 atom stereocenters. The fraction of sp³-hybridized carbons (Fsp3) is 0.136. The van der Waals surface area contributed by atoms with E-state index in [1.807, 2.05) is 6.92 Å². The van der Waals surface area contributed by atoms with E-state index in [0.29, 0.717) is 39.8 Å². The molecule has 0 unspecified atom stereocenters. The number of benzene rings is 2. The summed E-state index contributed by atoms with van der Waals surface area (Å²) in [6.07, 6.45) is 0. The van der Waals surface area contributed by atoms with Crippen molar-refractivity contribution in [2.45, 2.75) is 13.5 Å². The predicted molar refractivity (Wildman–Crippen MR) is 113 cm³/mol. The molecular weight excluding hydrogens is 410 g/mol. The number of anilines is 1. The predicted octanol–water partition coefficient (Wildman–Crippen LogP) is 5.63. The normalized spacial score (nSPS) is 10.9. The molecule has 1 N–H and O–H groups in total. The van der Waals surface area contributed by atoms with Crippen molar-refractivity contribution >= 4 is 28.6 Å². The Kier molecular flexibility index (Phi) is 5.72. The monoisotopic (exact) mass is 426 g/mol. The van der Waals surface area contributed by atoms with E-state index in [9.17, 15) is 8.78 Å². The highest BCUT2D eigenvalue weighted by Crippen LogP contribution is 2.27. The van der Waals surface area contributed by atoms with Gasteiger partial charge in [0.2, 0.25) is 11.8 Å². The van der Waals surface area contributed by atoms with Crippen LogP contribution in [-0.2, 0) is 6.54 Å². The largest absolute Gasteiger partial charge is 0.476 e. The first-order valence-electron chi connectivity index (χ1n) is 9.29. The first kappa shape index (κ1) is 20.0. The Bertz CT molecular complexity index is 1200. The maximum absolute atomic E-state index is 14.0. The summed E-state index contributed by atoms with van der Waals surface area (Å²) < 4.78 is 32.9. The molecule has 0 bridgehead atoms. The highest BCUT2D eigenvalue weighted by atomic mass is 35.5. The first-order chi connectivity index (χ1) is 14.5. The lowest BCUT2D eigenvalue weighted by Gasteiger charge is -2.11. The van der Waals surface area contributed by atoms with E-state index >= 15 is 0 Å². The SMILES string of the molecule is CCOc1nc(NCc2ccc(Cl)cc2F)nc2ccc(-c3ccc(F)cc3)nc12. The van der Waals surface area contributed by atoms with Crippen molar-refractivity contribution in [1.82, 2.24) is 15.0 Å². The average Bonchev–Trinajstić information content (AvgIpc) is 2.74. The highest BCUT2D eigenvalue weighted by Gasteiger charge is 2.13. The zero-order valence-electron chi connectivity index (χ0n) is 16.0. The summed E-state index contributed by atoms with van der Waals surface area (Å²) in [4.78, 5) is 13.4. The lowest BCUT2D eigenvalue weighted by atomic mass is 10.1. The minimum absolute atomic E-state index is 0.182. The Labute approximate surface area is 176 Å². The third-order valence-corrected chi connectivity index (χ3v) is 4.62. The van der Waals surface area contributed by atoms with E-state index in [1.54, 1.807) is 36.4 Å². The number of hydrogen-bond donors (Lipinski definition) is 1. The number of ether oxygens (including phenoxy) is 1. The van der Waals surface area contributed by atoms with Crippen LogP contribution in [0.25, 0.3) is 22.3 Å².